The second-order valence-corrected chi connectivity index (χ2v) is 6.93. The molecule has 1 amide bonds. The third-order valence-corrected chi connectivity index (χ3v) is 4.38. The van der Waals surface area contributed by atoms with Crippen molar-refractivity contribution in [1.29, 1.82) is 0 Å². The van der Waals surface area contributed by atoms with Crippen molar-refractivity contribution in [2.75, 3.05) is 6.54 Å². The molecule has 25 heavy (non-hydrogen) atoms. The SMILES string of the molecule is CC(C)Cn1nc(C(=O)NC(CN)C2CC2)c2ccccc2c1=O.Cl. The van der Waals surface area contributed by atoms with Crippen LogP contribution in [-0.2, 0) is 6.54 Å². The second kappa shape index (κ2) is 7.97. The van der Waals surface area contributed by atoms with Gasteiger partial charge in [-0.2, -0.15) is 5.10 Å². The lowest BCUT2D eigenvalue weighted by atomic mass is 10.1. The van der Waals surface area contributed by atoms with Crippen LogP contribution in [-0.4, -0.2) is 28.3 Å². The fraction of sp³-hybridized carbons (Fsp3) is 0.500. The van der Waals surface area contributed by atoms with E-state index in [-0.39, 0.29) is 35.8 Å². The average molecular weight is 365 g/mol. The number of aromatic nitrogens is 2. The lowest BCUT2D eigenvalue weighted by molar-refractivity contribution is 0.0927. The first-order valence-corrected chi connectivity index (χ1v) is 8.52. The van der Waals surface area contributed by atoms with Gasteiger partial charge in [0.15, 0.2) is 5.69 Å². The van der Waals surface area contributed by atoms with Crippen molar-refractivity contribution >= 4 is 29.1 Å². The molecule has 1 atom stereocenters. The van der Waals surface area contributed by atoms with Gasteiger partial charge < -0.3 is 11.1 Å². The molecule has 0 saturated heterocycles. The number of nitrogens with one attached hydrogen (secondary N) is 1. The van der Waals surface area contributed by atoms with Gasteiger partial charge in [-0.1, -0.05) is 32.0 Å². The minimum Gasteiger partial charge on any atom is -0.346 e. The van der Waals surface area contributed by atoms with Gasteiger partial charge in [0.2, 0.25) is 0 Å². The highest BCUT2D eigenvalue weighted by Crippen LogP contribution is 2.32. The van der Waals surface area contributed by atoms with Crippen LogP contribution in [0.5, 0.6) is 0 Å². The number of nitrogens with two attached hydrogens (primary N) is 1. The van der Waals surface area contributed by atoms with Gasteiger partial charge in [0.25, 0.3) is 11.5 Å². The Morgan fingerprint density at radius 3 is 2.52 bits per heavy atom. The normalized spacial score (nSPS) is 15.0. The summed E-state index contributed by atoms with van der Waals surface area (Å²) in [6.07, 6.45) is 2.20. The number of benzene rings is 1. The summed E-state index contributed by atoms with van der Waals surface area (Å²) < 4.78 is 1.40. The number of fused-ring (bicyclic) bond motifs is 1. The van der Waals surface area contributed by atoms with E-state index in [2.05, 4.69) is 10.4 Å². The summed E-state index contributed by atoms with van der Waals surface area (Å²) in [5.41, 5.74) is 5.92. The van der Waals surface area contributed by atoms with Gasteiger partial charge in [-0.3, -0.25) is 9.59 Å². The quantitative estimate of drug-likeness (QED) is 0.819. The standard InChI is InChI=1S/C18H24N4O2.ClH/c1-11(2)10-22-18(24)14-6-4-3-5-13(14)16(21-22)17(23)20-15(9-19)12-7-8-12;/h3-6,11-12,15H,7-10,19H2,1-2H3,(H,20,23);1H. The van der Waals surface area contributed by atoms with Crippen LogP contribution in [0.25, 0.3) is 10.8 Å². The molecule has 3 N–H and O–H groups in total. The maximum absolute atomic E-state index is 12.8. The third kappa shape index (κ3) is 4.19. The fourth-order valence-corrected chi connectivity index (χ4v) is 2.98. The number of hydrogen-bond acceptors (Lipinski definition) is 4. The van der Waals surface area contributed by atoms with Crippen LogP contribution in [0.3, 0.4) is 0 Å². The molecule has 0 aliphatic heterocycles. The van der Waals surface area contributed by atoms with E-state index in [4.69, 9.17) is 5.73 Å². The number of hydrogen-bond donors (Lipinski definition) is 2. The monoisotopic (exact) mass is 364 g/mol. The van der Waals surface area contributed by atoms with Crippen LogP contribution in [0.2, 0.25) is 0 Å². The van der Waals surface area contributed by atoms with Crippen LogP contribution in [0.1, 0.15) is 37.2 Å². The molecule has 0 bridgehead atoms. The molecule has 0 radical (unpaired) electrons. The molecule has 6 nitrogen and oxygen atoms in total. The Morgan fingerprint density at radius 1 is 1.32 bits per heavy atom. The minimum absolute atomic E-state index is 0. The molecule has 1 fully saturated rings. The van der Waals surface area contributed by atoms with Crippen molar-refractivity contribution in [3.05, 3.63) is 40.3 Å². The molecular weight excluding hydrogens is 340 g/mol. The molecule has 136 valence electrons. The Hall–Kier alpha value is -1.92. The van der Waals surface area contributed by atoms with Gasteiger partial charge in [0.1, 0.15) is 0 Å². The van der Waals surface area contributed by atoms with E-state index in [0.717, 1.165) is 12.8 Å². The van der Waals surface area contributed by atoms with Crippen molar-refractivity contribution in [3.8, 4) is 0 Å². The number of rotatable bonds is 6. The van der Waals surface area contributed by atoms with Crippen LogP contribution >= 0.6 is 12.4 Å². The van der Waals surface area contributed by atoms with Crippen molar-refractivity contribution in [2.45, 2.75) is 39.3 Å². The number of amides is 1. The fourth-order valence-electron chi connectivity index (χ4n) is 2.98. The predicted molar refractivity (Wildman–Crippen MR) is 101 cm³/mol. The van der Waals surface area contributed by atoms with Crippen molar-refractivity contribution in [1.82, 2.24) is 15.1 Å². The van der Waals surface area contributed by atoms with Crippen molar-refractivity contribution in [2.24, 2.45) is 17.6 Å². The maximum Gasteiger partial charge on any atom is 0.274 e. The van der Waals surface area contributed by atoms with Crippen molar-refractivity contribution < 1.29 is 4.79 Å². The Kier molecular flexibility index (Phi) is 6.19. The number of carbonyl (C=O) groups excluding carboxylic acids is 1. The number of carbonyl (C=O) groups is 1. The highest BCUT2D eigenvalue weighted by Gasteiger charge is 2.32. The summed E-state index contributed by atoms with van der Waals surface area (Å²) in [4.78, 5) is 25.3. The van der Waals surface area contributed by atoms with E-state index in [1.54, 1.807) is 18.2 Å². The van der Waals surface area contributed by atoms with E-state index in [1.165, 1.54) is 4.68 Å². The molecular formula is C18H25ClN4O2. The summed E-state index contributed by atoms with van der Waals surface area (Å²) in [5, 5.41) is 8.47. The summed E-state index contributed by atoms with van der Waals surface area (Å²) in [6, 6.07) is 7.11. The first kappa shape index (κ1) is 19.4. The Labute approximate surface area is 153 Å². The molecule has 1 heterocycles. The van der Waals surface area contributed by atoms with Crippen molar-refractivity contribution in [3.63, 3.8) is 0 Å². The molecule has 7 heteroatoms. The largest absolute Gasteiger partial charge is 0.346 e. The predicted octanol–water partition coefficient (Wildman–Crippen LogP) is 1.94. The molecule has 1 aliphatic carbocycles. The second-order valence-electron chi connectivity index (χ2n) is 6.93. The van der Waals surface area contributed by atoms with E-state index in [1.807, 2.05) is 19.9 Å². The zero-order valence-corrected chi connectivity index (χ0v) is 15.4. The molecule has 3 rings (SSSR count). The summed E-state index contributed by atoms with van der Waals surface area (Å²) >= 11 is 0. The topological polar surface area (TPSA) is 90.0 Å². The smallest absolute Gasteiger partial charge is 0.274 e. The molecule has 1 unspecified atom stereocenters. The summed E-state index contributed by atoms with van der Waals surface area (Å²) in [5.74, 6) is 0.466. The van der Waals surface area contributed by atoms with Gasteiger partial charge in [-0.25, -0.2) is 4.68 Å². The number of halogens is 1. The molecule has 2 aromatic rings. The van der Waals surface area contributed by atoms with Gasteiger partial charge >= 0.3 is 0 Å². The Morgan fingerprint density at radius 2 is 1.96 bits per heavy atom. The van der Waals surface area contributed by atoms with Crippen LogP contribution < -0.4 is 16.6 Å². The molecule has 1 saturated carbocycles. The summed E-state index contributed by atoms with van der Waals surface area (Å²) in [6.45, 7) is 4.92. The Balaban J connectivity index is 0.00000225. The average Bonchev–Trinajstić information content (AvgIpc) is 3.39. The van der Waals surface area contributed by atoms with Crippen LogP contribution in [0, 0.1) is 11.8 Å². The molecule has 0 spiro atoms. The van der Waals surface area contributed by atoms with Gasteiger partial charge in [0, 0.05) is 24.5 Å². The molecule has 1 aliphatic rings. The number of nitrogens with zero attached hydrogens (tertiary/aromatic N) is 2. The first-order chi connectivity index (χ1) is 11.5. The van der Waals surface area contributed by atoms with Gasteiger partial charge in [-0.05, 0) is 30.7 Å². The zero-order chi connectivity index (χ0) is 17.3. The third-order valence-electron chi connectivity index (χ3n) is 4.38. The van der Waals surface area contributed by atoms with Crippen LogP contribution in [0.4, 0.5) is 0 Å². The minimum atomic E-state index is -0.258. The van der Waals surface area contributed by atoms with E-state index in [9.17, 15) is 9.59 Å². The lowest BCUT2D eigenvalue weighted by Crippen LogP contribution is -2.42. The zero-order valence-electron chi connectivity index (χ0n) is 14.6. The summed E-state index contributed by atoms with van der Waals surface area (Å²) in [7, 11) is 0. The molecule has 1 aromatic carbocycles. The first-order valence-electron chi connectivity index (χ1n) is 8.52. The lowest BCUT2D eigenvalue weighted by Gasteiger charge is -2.17. The van der Waals surface area contributed by atoms with Gasteiger partial charge in [0.05, 0.1) is 5.39 Å². The highest BCUT2D eigenvalue weighted by molar-refractivity contribution is 6.04. The molecule has 1 aromatic heterocycles. The van der Waals surface area contributed by atoms with E-state index < -0.39 is 0 Å². The van der Waals surface area contributed by atoms with Gasteiger partial charge in [-0.15, -0.1) is 12.4 Å². The Bertz CT molecular complexity index is 814. The maximum atomic E-state index is 12.8. The van der Waals surface area contributed by atoms with E-state index >= 15 is 0 Å². The van der Waals surface area contributed by atoms with Crippen LogP contribution in [0.15, 0.2) is 29.1 Å². The van der Waals surface area contributed by atoms with E-state index in [0.29, 0.717) is 35.5 Å². The highest BCUT2D eigenvalue weighted by atomic mass is 35.5.